The van der Waals surface area contributed by atoms with E-state index in [4.69, 9.17) is 0 Å². The summed E-state index contributed by atoms with van der Waals surface area (Å²) in [5, 5.41) is 2.00. The molecular formula is C19H17NO. The van der Waals surface area contributed by atoms with Crippen LogP contribution in [0.5, 0.6) is 0 Å². The van der Waals surface area contributed by atoms with E-state index in [0.717, 1.165) is 22.8 Å². The largest absolute Gasteiger partial charge is 0.294 e. The first kappa shape index (κ1) is 13.5. The quantitative estimate of drug-likeness (QED) is 0.662. The zero-order chi connectivity index (χ0) is 14.7. The van der Waals surface area contributed by atoms with Crippen molar-refractivity contribution >= 4 is 16.6 Å². The molecule has 0 atom stereocenters. The van der Waals surface area contributed by atoms with Gasteiger partial charge in [-0.15, -0.1) is 0 Å². The molecule has 1 aromatic heterocycles. The van der Waals surface area contributed by atoms with E-state index in [1.807, 2.05) is 24.3 Å². The highest BCUT2D eigenvalue weighted by atomic mass is 16.1. The molecular weight excluding hydrogens is 258 g/mol. The Morgan fingerprint density at radius 3 is 2.67 bits per heavy atom. The number of rotatable bonds is 4. The van der Waals surface area contributed by atoms with Gasteiger partial charge in [-0.1, -0.05) is 48.0 Å². The minimum atomic E-state index is 0.175. The monoisotopic (exact) mass is 275 g/mol. The Morgan fingerprint density at radius 1 is 1.05 bits per heavy atom. The Morgan fingerprint density at radius 2 is 1.86 bits per heavy atom. The number of hydrogen-bond acceptors (Lipinski definition) is 2. The topological polar surface area (TPSA) is 30.0 Å². The van der Waals surface area contributed by atoms with Crippen LogP contribution in [0.4, 0.5) is 0 Å². The van der Waals surface area contributed by atoms with Crippen molar-refractivity contribution in [3.63, 3.8) is 0 Å². The molecule has 0 unspecified atom stereocenters. The second kappa shape index (κ2) is 5.88. The summed E-state index contributed by atoms with van der Waals surface area (Å²) in [5.41, 5.74) is 3.21. The average Bonchev–Trinajstić information content (AvgIpc) is 2.53. The van der Waals surface area contributed by atoms with Crippen LogP contribution in [0.15, 0.2) is 60.9 Å². The minimum Gasteiger partial charge on any atom is -0.294 e. The number of carbonyl (C=O) groups excluding carboxylic acids is 1. The zero-order valence-corrected chi connectivity index (χ0v) is 12.0. The molecule has 2 nitrogen and oxygen atoms in total. The van der Waals surface area contributed by atoms with Crippen molar-refractivity contribution in [3.05, 3.63) is 77.6 Å². The van der Waals surface area contributed by atoms with Gasteiger partial charge >= 0.3 is 0 Å². The predicted octanol–water partition coefficient (Wildman–Crippen LogP) is 4.36. The van der Waals surface area contributed by atoms with Crippen molar-refractivity contribution in [2.75, 3.05) is 0 Å². The van der Waals surface area contributed by atoms with E-state index < -0.39 is 0 Å². The molecule has 0 radical (unpaired) electrons. The number of benzene rings is 2. The maximum Gasteiger partial charge on any atom is 0.163 e. The van der Waals surface area contributed by atoms with Gasteiger partial charge < -0.3 is 0 Å². The third-order valence-corrected chi connectivity index (χ3v) is 3.75. The van der Waals surface area contributed by atoms with Crippen LogP contribution in [0.3, 0.4) is 0 Å². The summed E-state index contributed by atoms with van der Waals surface area (Å²) in [6.45, 7) is 2.07. The Labute approximate surface area is 124 Å². The average molecular weight is 275 g/mol. The van der Waals surface area contributed by atoms with Crippen molar-refractivity contribution in [2.24, 2.45) is 0 Å². The molecule has 0 spiro atoms. The highest BCUT2D eigenvalue weighted by Crippen LogP contribution is 2.19. The molecule has 0 amide bonds. The van der Waals surface area contributed by atoms with Gasteiger partial charge in [-0.2, -0.15) is 0 Å². The molecule has 0 aliphatic rings. The molecule has 2 aromatic carbocycles. The molecule has 0 fully saturated rings. The van der Waals surface area contributed by atoms with Crippen molar-refractivity contribution in [3.8, 4) is 0 Å². The third kappa shape index (κ3) is 3.00. The Balaban J connectivity index is 1.79. The van der Waals surface area contributed by atoms with Gasteiger partial charge in [0.05, 0.1) is 0 Å². The number of pyridine rings is 1. The summed E-state index contributed by atoms with van der Waals surface area (Å²) in [6, 6.07) is 16.1. The van der Waals surface area contributed by atoms with Crippen LogP contribution in [0, 0.1) is 6.92 Å². The number of Topliss-reactive ketones (excluding diaryl/α,β-unsaturated/α-hetero) is 1. The molecule has 0 saturated carbocycles. The number of carbonyl (C=O) groups is 1. The van der Waals surface area contributed by atoms with Gasteiger partial charge in [0.15, 0.2) is 5.78 Å². The molecule has 104 valence electrons. The highest BCUT2D eigenvalue weighted by Gasteiger charge is 2.10. The van der Waals surface area contributed by atoms with E-state index >= 15 is 0 Å². The fourth-order valence-electron chi connectivity index (χ4n) is 2.50. The summed E-state index contributed by atoms with van der Waals surface area (Å²) < 4.78 is 0. The number of nitrogens with zero attached hydrogens (tertiary/aromatic N) is 1. The standard InChI is InChI=1S/C19H17NO/c1-14-5-7-15(8-6-14)9-10-19(21)17-4-2-3-16-11-12-20-13-18(16)17/h2-8,11-13H,9-10H2,1H3. The summed E-state index contributed by atoms with van der Waals surface area (Å²) in [6.07, 6.45) is 4.82. The van der Waals surface area contributed by atoms with Gasteiger partial charge in [-0.3, -0.25) is 9.78 Å². The Bertz CT molecular complexity index is 770. The predicted molar refractivity (Wildman–Crippen MR) is 85.6 cm³/mol. The van der Waals surface area contributed by atoms with Crippen LogP contribution in [0.25, 0.3) is 10.8 Å². The first-order valence-electron chi connectivity index (χ1n) is 7.15. The van der Waals surface area contributed by atoms with E-state index in [2.05, 4.69) is 36.2 Å². The van der Waals surface area contributed by atoms with E-state index in [9.17, 15) is 4.79 Å². The Kier molecular flexibility index (Phi) is 3.78. The highest BCUT2D eigenvalue weighted by molar-refractivity contribution is 6.07. The molecule has 0 aliphatic heterocycles. The summed E-state index contributed by atoms with van der Waals surface area (Å²) in [4.78, 5) is 16.6. The maximum atomic E-state index is 12.5. The van der Waals surface area contributed by atoms with Crippen LogP contribution < -0.4 is 0 Å². The van der Waals surface area contributed by atoms with Gasteiger partial charge in [0.25, 0.3) is 0 Å². The van der Waals surface area contributed by atoms with Crippen LogP contribution in [-0.4, -0.2) is 10.8 Å². The number of fused-ring (bicyclic) bond motifs is 1. The van der Waals surface area contributed by atoms with Crippen LogP contribution in [0.2, 0.25) is 0 Å². The second-order valence-electron chi connectivity index (χ2n) is 5.31. The number of aromatic nitrogens is 1. The van der Waals surface area contributed by atoms with Gasteiger partial charge in [0, 0.05) is 29.8 Å². The molecule has 0 saturated heterocycles. The molecule has 3 rings (SSSR count). The zero-order valence-electron chi connectivity index (χ0n) is 12.0. The molecule has 21 heavy (non-hydrogen) atoms. The van der Waals surface area contributed by atoms with E-state index in [0.29, 0.717) is 6.42 Å². The summed E-state index contributed by atoms with van der Waals surface area (Å²) >= 11 is 0. The van der Waals surface area contributed by atoms with Gasteiger partial charge in [0.1, 0.15) is 0 Å². The van der Waals surface area contributed by atoms with E-state index in [1.54, 1.807) is 12.4 Å². The minimum absolute atomic E-state index is 0.175. The van der Waals surface area contributed by atoms with Crippen LogP contribution >= 0.6 is 0 Å². The van der Waals surface area contributed by atoms with Gasteiger partial charge in [0.2, 0.25) is 0 Å². The SMILES string of the molecule is Cc1ccc(CCC(=O)c2cccc3ccncc23)cc1. The fourth-order valence-corrected chi connectivity index (χ4v) is 2.50. The lowest BCUT2D eigenvalue weighted by Crippen LogP contribution is -2.02. The maximum absolute atomic E-state index is 12.5. The summed E-state index contributed by atoms with van der Waals surface area (Å²) in [7, 11) is 0. The van der Waals surface area contributed by atoms with Crippen molar-refractivity contribution in [1.29, 1.82) is 0 Å². The fraction of sp³-hybridized carbons (Fsp3) is 0.158. The molecule has 0 bridgehead atoms. The molecule has 2 heteroatoms. The van der Waals surface area contributed by atoms with Crippen LogP contribution in [-0.2, 0) is 6.42 Å². The lowest BCUT2D eigenvalue weighted by Gasteiger charge is -2.06. The third-order valence-electron chi connectivity index (χ3n) is 3.75. The normalized spacial score (nSPS) is 10.7. The molecule has 0 aliphatic carbocycles. The van der Waals surface area contributed by atoms with Crippen molar-refractivity contribution in [2.45, 2.75) is 19.8 Å². The summed E-state index contributed by atoms with van der Waals surface area (Å²) in [5.74, 6) is 0.175. The van der Waals surface area contributed by atoms with Crippen molar-refractivity contribution in [1.82, 2.24) is 4.98 Å². The molecule has 0 N–H and O–H groups in total. The number of hydrogen-bond donors (Lipinski definition) is 0. The smallest absolute Gasteiger partial charge is 0.163 e. The van der Waals surface area contributed by atoms with E-state index in [1.165, 1.54) is 11.1 Å². The number of ketones is 1. The van der Waals surface area contributed by atoms with E-state index in [-0.39, 0.29) is 5.78 Å². The lowest BCUT2D eigenvalue weighted by atomic mass is 9.98. The second-order valence-corrected chi connectivity index (χ2v) is 5.31. The van der Waals surface area contributed by atoms with Gasteiger partial charge in [-0.25, -0.2) is 0 Å². The van der Waals surface area contributed by atoms with Gasteiger partial charge in [-0.05, 0) is 30.4 Å². The Hall–Kier alpha value is -2.48. The van der Waals surface area contributed by atoms with Crippen molar-refractivity contribution < 1.29 is 4.79 Å². The lowest BCUT2D eigenvalue weighted by molar-refractivity contribution is 0.0984. The first-order valence-corrected chi connectivity index (χ1v) is 7.15. The van der Waals surface area contributed by atoms with Crippen LogP contribution in [0.1, 0.15) is 27.9 Å². The molecule has 1 heterocycles. The number of aryl methyl sites for hydroxylation is 2. The molecule has 3 aromatic rings. The first-order chi connectivity index (χ1) is 10.2.